The van der Waals surface area contributed by atoms with E-state index in [4.69, 9.17) is 5.11 Å². The number of carbonyl (C=O) groups is 3. The molecule has 1 saturated heterocycles. The maximum Gasteiger partial charge on any atom is 0.387 e. The minimum Gasteiger partial charge on any atom is -0.481 e. The maximum atomic E-state index is 12.6. The number of hydrogen-bond acceptors (Lipinski definition) is 5. The Hall–Kier alpha value is -2.91. The quantitative estimate of drug-likeness (QED) is 0.780. The van der Waals surface area contributed by atoms with Gasteiger partial charge in [0.2, 0.25) is 0 Å². The predicted molar refractivity (Wildman–Crippen MR) is 80.7 cm³/mol. The Labute approximate surface area is 141 Å². The van der Waals surface area contributed by atoms with Crippen molar-refractivity contribution < 1.29 is 37.7 Å². The molecule has 2 rings (SSSR count). The Bertz CT molecular complexity index is 682. The molecule has 1 atom stereocenters. The number of likely N-dealkylation sites (tertiary alicyclic amines) is 1. The SMILES string of the molecule is COC(=O)c1ccc(NC(=O)N2CCC(C(=O)O)C2)c(OC(F)F)c1. The van der Waals surface area contributed by atoms with Gasteiger partial charge in [-0.3, -0.25) is 4.79 Å². The van der Waals surface area contributed by atoms with Crippen LogP contribution in [0.2, 0.25) is 0 Å². The topological polar surface area (TPSA) is 105 Å². The van der Waals surface area contributed by atoms with Gasteiger partial charge in [0.05, 0.1) is 24.3 Å². The van der Waals surface area contributed by atoms with Crippen LogP contribution in [0.5, 0.6) is 5.75 Å². The van der Waals surface area contributed by atoms with Crippen molar-refractivity contribution in [3.63, 3.8) is 0 Å². The van der Waals surface area contributed by atoms with Crippen molar-refractivity contribution in [2.75, 3.05) is 25.5 Å². The lowest BCUT2D eigenvalue weighted by atomic mass is 10.1. The minimum atomic E-state index is -3.16. The molecule has 2 amide bonds. The molecule has 0 radical (unpaired) electrons. The number of amides is 2. The third-order valence-electron chi connectivity index (χ3n) is 3.69. The van der Waals surface area contributed by atoms with Gasteiger partial charge in [0.15, 0.2) is 5.75 Å². The van der Waals surface area contributed by atoms with Crippen LogP contribution in [-0.2, 0) is 9.53 Å². The third kappa shape index (κ3) is 4.55. The van der Waals surface area contributed by atoms with Gasteiger partial charge < -0.3 is 24.8 Å². The van der Waals surface area contributed by atoms with E-state index in [9.17, 15) is 23.2 Å². The van der Waals surface area contributed by atoms with E-state index < -0.39 is 36.2 Å². The molecule has 10 heteroatoms. The molecule has 0 bridgehead atoms. The molecule has 1 aromatic carbocycles. The highest BCUT2D eigenvalue weighted by molar-refractivity contribution is 5.94. The number of methoxy groups -OCH3 is 1. The molecule has 1 aromatic rings. The third-order valence-corrected chi connectivity index (χ3v) is 3.69. The first-order valence-electron chi connectivity index (χ1n) is 7.27. The molecule has 1 aliphatic heterocycles. The van der Waals surface area contributed by atoms with Crippen LogP contribution in [0, 0.1) is 5.92 Å². The summed E-state index contributed by atoms with van der Waals surface area (Å²) in [4.78, 5) is 35.9. The van der Waals surface area contributed by atoms with Crippen LogP contribution in [0.3, 0.4) is 0 Å². The van der Waals surface area contributed by atoms with E-state index >= 15 is 0 Å². The summed E-state index contributed by atoms with van der Waals surface area (Å²) in [6, 6.07) is 2.89. The molecule has 2 N–H and O–H groups in total. The summed E-state index contributed by atoms with van der Waals surface area (Å²) in [6.45, 7) is -2.91. The molecule has 0 spiro atoms. The number of aliphatic carboxylic acids is 1. The molecule has 1 aliphatic rings. The van der Waals surface area contributed by atoms with E-state index in [1.807, 2.05) is 0 Å². The fourth-order valence-corrected chi connectivity index (χ4v) is 2.40. The lowest BCUT2D eigenvalue weighted by Gasteiger charge is -2.18. The van der Waals surface area contributed by atoms with Crippen LogP contribution in [-0.4, -0.2) is 54.8 Å². The second-order valence-corrected chi connectivity index (χ2v) is 5.28. The molecular weight excluding hydrogens is 342 g/mol. The Morgan fingerprint density at radius 2 is 2.08 bits per heavy atom. The first-order chi connectivity index (χ1) is 11.8. The normalized spacial score (nSPS) is 16.6. The summed E-state index contributed by atoms with van der Waals surface area (Å²) < 4.78 is 34.0. The van der Waals surface area contributed by atoms with Crippen LogP contribution in [0.25, 0.3) is 0 Å². The summed E-state index contributed by atoms with van der Waals surface area (Å²) in [5.41, 5.74) is -0.0972. The fraction of sp³-hybridized carbons (Fsp3) is 0.400. The molecular formula is C15H16F2N2O6. The summed E-state index contributed by atoms with van der Waals surface area (Å²) >= 11 is 0. The minimum absolute atomic E-state index is 0.0203. The Morgan fingerprint density at radius 3 is 2.64 bits per heavy atom. The number of urea groups is 1. The highest BCUT2D eigenvalue weighted by Crippen LogP contribution is 2.29. The van der Waals surface area contributed by atoms with Crippen molar-refractivity contribution >= 4 is 23.7 Å². The monoisotopic (exact) mass is 358 g/mol. The van der Waals surface area contributed by atoms with E-state index in [2.05, 4.69) is 14.8 Å². The number of halogens is 2. The van der Waals surface area contributed by atoms with E-state index in [1.165, 1.54) is 17.0 Å². The van der Waals surface area contributed by atoms with E-state index in [1.54, 1.807) is 0 Å². The molecule has 25 heavy (non-hydrogen) atoms. The van der Waals surface area contributed by atoms with Gasteiger partial charge in [0, 0.05) is 13.1 Å². The van der Waals surface area contributed by atoms with E-state index in [0.717, 1.165) is 13.2 Å². The van der Waals surface area contributed by atoms with Gasteiger partial charge in [-0.1, -0.05) is 0 Å². The van der Waals surface area contributed by atoms with Crippen molar-refractivity contribution in [1.82, 2.24) is 4.90 Å². The highest BCUT2D eigenvalue weighted by Gasteiger charge is 2.31. The molecule has 1 fully saturated rings. The van der Waals surface area contributed by atoms with Crippen LogP contribution >= 0.6 is 0 Å². The lowest BCUT2D eigenvalue weighted by Crippen LogP contribution is -2.34. The van der Waals surface area contributed by atoms with Crippen molar-refractivity contribution in [2.45, 2.75) is 13.0 Å². The van der Waals surface area contributed by atoms with Crippen molar-refractivity contribution in [3.8, 4) is 5.75 Å². The van der Waals surface area contributed by atoms with Gasteiger partial charge in [-0.2, -0.15) is 8.78 Å². The molecule has 0 aromatic heterocycles. The number of carboxylic acid groups (broad SMARTS) is 1. The largest absolute Gasteiger partial charge is 0.481 e. The van der Waals surface area contributed by atoms with E-state index in [0.29, 0.717) is 6.42 Å². The van der Waals surface area contributed by atoms with Crippen LogP contribution < -0.4 is 10.1 Å². The number of rotatable bonds is 5. The summed E-state index contributed by atoms with van der Waals surface area (Å²) in [5, 5.41) is 11.3. The number of nitrogens with one attached hydrogen (secondary N) is 1. The maximum absolute atomic E-state index is 12.6. The van der Waals surface area contributed by atoms with Gasteiger partial charge in [-0.15, -0.1) is 0 Å². The number of ether oxygens (including phenoxy) is 2. The Kier molecular flexibility index (Phi) is 5.73. The number of esters is 1. The number of alkyl halides is 2. The summed E-state index contributed by atoms with van der Waals surface area (Å²) in [6.07, 6.45) is 0.310. The second-order valence-electron chi connectivity index (χ2n) is 5.28. The van der Waals surface area contributed by atoms with Crippen LogP contribution in [0.4, 0.5) is 19.3 Å². The average molecular weight is 358 g/mol. The zero-order chi connectivity index (χ0) is 18.6. The number of hydrogen-bond donors (Lipinski definition) is 2. The van der Waals surface area contributed by atoms with Gasteiger partial charge in [0.1, 0.15) is 0 Å². The number of carbonyl (C=O) groups excluding carboxylic acids is 2. The molecule has 0 aliphatic carbocycles. The molecule has 1 heterocycles. The van der Waals surface area contributed by atoms with Crippen LogP contribution in [0.15, 0.2) is 18.2 Å². The Balaban J connectivity index is 2.16. The first kappa shape index (κ1) is 18.4. The van der Waals surface area contributed by atoms with Crippen molar-refractivity contribution in [3.05, 3.63) is 23.8 Å². The molecule has 8 nitrogen and oxygen atoms in total. The number of benzene rings is 1. The predicted octanol–water partition coefficient (Wildman–Crippen LogP) is 2.01. The fourth-order valence-electron chi connectivity index (χ4n) is 2.40. The molecule has 0 saturated carbocycles. The average Bonchev–Trinajstić information content (AvgIpc) is 3.05. The molecule has 136 valence electrons. The van der Waals surface area contributed by atoms with Gasteiger partial charge in [0.25, 0.3) is 0 Å². The zero-order valence-electron chi connectivity index (χ0n) is 13.2. The first-order valence-corrected chi connectivity index (χ1v) is 7.27. The zero-order valence-corrected chi connectivity index (χ0v) is 13.2. The van der Waals surface area contributed by atoms with Crippen molar-refractivity contribution in [2.24, 2.45) is 5.92 Å². The summed E-state index contributed by atoms with van der Waals surface area (Å²) in [7, 11) is 1.14. The molecule has 1 unspecified atom stereocenters. The van der Waals surface area contributed by atoms with Gasteiger partial charge in [-0.25, -0.2) is 9.59 Å². The van der Waals surface area contributed by atoms with Crippen molar-refractivity contribution in [1.29, 1.82) is 0 Å². The Morgan fingerprint density at radius 1 is 1.36 bits per heavy atom. The van der Waals surface area contributed by atoms with Gasteiger partial charge >= 0.3 is 24.6 Å². The lowest BCUT2D eigenvalue weighted by molar-refractivity contribution is -0.141. The smallest absolute Gasteiger partial charge is 0.387 e. The second kappa shape index (κ2) is 7.77. The number of nitrogens with zero attached hydrogens (tertiary/aromatic N) is 1. The van der Waals surface area contributed by atoms with E-state index in [-0.39, 0.29) is 24.3 Å². The highest BCUT2D eigenvalue weighted by atomic mass is 19.3. The standard InChI is InChI=1S/C15H16F2N2O6/c1-24-13(22)8-2-3-10(11(6-8)25-14(16)17)18-15(23)19-5-4-9(7-19)12(20)21/h2-3,6,9,14H,4-5,7H2,1H3,(H,18,23)(H,20,21). The van der Waals surface area contributed by atoms with Crippen LogP contribution in [0.1, 0.15) is 16.8 Å². The van der Waals surface area contributed by atoms with Gasteiger partial charge in [-0.05, 0) is 24.6 Å². The number of carboxylic acids is 1. The number of anilines is 1. The summed E-state index contributed by atoms with van der Waals surface area (Å²) in [5.74, 6) is -2.82.